The topological polar surface area (TPSA) is 50.8 Å². The summed E-state index contributed by atoms with van der Waals surface area (Å²) < 4.78 is 11.2. The Bertz CT molecular complexity index is 748. The van der Waals surface area contributed by atoms with Crippen molar-refractivity contribution in [2.75, 3.05) is 33.4 Å². The van der Waals surface area contributed by atoms with Gasteiger partial charge in [-0.15, -0.1) is 0 Å². The molecule has 0 radical (unpaired) electrons. The summed E-state index contributed by atoms with van der Waals surface area (Å²) in [5.41, 5.74) is 1.38. The molecule has 0 spiro atoms. The first kappa shape index (κ1) is 21.1. The van der Waals surface area contributed by atoms with Crippen LogP contribution >= 0.6 is 11.6 Å². The van der Waals surface area contributed by atoms with Gasteiger partial charge in [0.2, 0.25) is 0 Å². The van der Waals surface area contributed by atoms with Gasteiger partial charge >= 0.3 is 0 Å². The lowest BCUT2D eigenvalue weighted by atomic mass is 10.1. The third kappa shape index (κ3) is 6.15. The van der Waals surface area contributed by atoms with Crippen LogP contribution in [0.4, 0.5) is 0 Å². The molecule has 0 aliphatic rings. The van der Waals surface area contributed by atoms with Crippen LogP contribution in [0.15, 0.2) is 42.5 Å². The van der Waals surface area contributed by atoms with E-state index in [1.54, 1.807) is 18.2 Å². The number of nitrogens with zero attached hydrogens (tertiary/aromatic N) is 1. The molecule has 0 aliphatic heterocycles. The number of carbonyl (C=O) groups excluding carboxylic acids is 1. The van der Waals surface area contributed by atoms with Gasteiger partial charge in [-0.1, -0.05) is 43.6 Å². The van der Waals surface area contributed by atoms with Gasteiger partial charge in [-0.25, -0.2) is 0 Å². The van der Waals surface area contributed by atoms with E-state index in [2.05, 4.69) is 24.1 Å². The molecule has 0 aromatic heterocycles. The number of hydrogen-bond acceptors (Lipinski definition) is 4. The SMILES string of the molecule is CCN(CC)CCOc1ccccc1CNC(=O)c1ccc(Cl)cc1OC. The molecule has 5 nitrogen and oxygen atoms in total. The Kier molecular flexibility index (Phi) is 8.43. The van der Waals surface area contributed by atoms with Crippen LogP contribution < -0.4 is 14.8 Å². The minimum atomic E-state index is -0.221. The van der Waals surface area contributed by atoms with Crippen molar-refractivity contribution in [3.63, 3.8) is 0 Å². The minimum Gasteiger partial charge on any atom is -0.496 e. The lowest BCUT2D eigenvalue weighted by molar-refractivity contribution is 0.0947. The molecule has 27 heavy (non-hydrogen) atoms. The number of likely N-dealkylation sites (N-methyl/N-ethyl adjacent to an activating group) is 1. The Morgan fingerprint density at radius 3 is 2.56 bits per heavy atom. The summed E-state index contributed by atoms with van der Waals surface area (Å²) >= 11 is 5.95. The predicted octanol–water partition coefficient (Wildman–Crippen LogP) is 4.00. The quantitative estimate of drug-likeness (QED) is 0.666. The van der Waals surface area contributed by atoms with Crippen molar-refractivity contribution in [3.8, 4) is 11.5 Å². The van der Waals surface area contributed by atoms with Crippen LogP contribution in [0.25, 0.3) is 0 Å². The maximum absolute atomic E-state index is 12.5. The van der Waals surface area contributed by atoms with Gasteiger partial charge in [0.1, 0.15) is 18.1 Å². The first-order valence-corrected chi connectivity index (χ1v) is 9.51. The van der Waals surface area contributed by atoms with E-state index in [0.29, 0.717) is 29.5 Å². The summed E-state index contributed by atoms with van der Waals surface area (Å²) in [5, 5.41) is 3.44. The van der Waals surface area contributed by atoms with Crippen LogP contribution in [-0.4, -0.2) is 44.2 Å². The van der Waals surface area contributed by atoms with Crippen LogP contribution in [0.5, 0.6) is 11.5 Å². The number of nitrogens with one attached hydrogen (secondary N) is 1. The molecule has 2 aromatic carbocycles. The Morgan fingerprint density at radius 1 is 1.11 bits per heavy atom. The second-order valence-corrected chi connectivity index (χ2v) is 6.45. The van der Waals surface area contributed by atoms with E-state index in [1.165, 1.54) is 7.11 Å². The van der Waals surface area contributed by atoms with Crippen molar-refractivity contribution in [3.05, 3.63) is 58.6 Å². The van der Waals surface area contributed by atoms with Gasteiger partial charge in [0, 0.05) is 23.7 Å². The highest BCUT2D eigenvalue weighted by Gasteiger charge is 2.13. The first-order valence-electron chi connectivity index (χ1n) is 9.13. The molecule has 6 heteroatoms. The van der Waals surface area contributed by atoms with Crippen molar-refractivity contribution in [1.82, 2.24) is 10.2 Å². The maximum atomic E-state index is 12.5. The number of amides is 1. The Hall–Kier alpha value is -2.24. The van der Waals surface area contributed by atoms with E-state index in [0.717, 1.165) is 30.9 Å². The second kappa shape index (κ2) is 10.8. The highest BCUT2D eigenvalue weighted by Crippen LogP contribution is 2.23. The van der Waals surface area contributed by atoms with E-state index in [4.69, 9.17) is 21.1 Å². The van der Waals surface area contributed by atoms with Gasteiger partial charge in [-0.2, -0.15) is 0 Å². The minimum absolute atomic E-state index is 0.221. The molecule has 1 amide bonds. The fourth-order valence-electron chi connectivity index (χ4n) is 2.74. The standard InChI is InChI=1S/C21H27ClN2O3/c1-4-24(5-2)12-13-27-19-9-7-6-8-16(19)15-23-21(25)18-11-10-17(22)14-20(18)26-3/h6-11,14H,4-5,12-13,15H2,1-3H3,(H,23,25). The van der Waals surface area contributed by atoms with Gasteiger partial charge in [0.05, 0.1) is 12.7 Å². The van der Waals surface area contributed by atoms with Crippen LogP contribution in [0, 0.1) is 0 Å². The van der Waals surface area contributed by atoms with E-state index in [9.17, 15) is 4.79 Å². The molecular formula is C21H27ClN2O3. The van der Waals surface area contributed by atoms with Crippen molar-refractivity contribution < 1.29 is 14.3 Å². The third-order valence-electron chi connectivity index (χ3n) is 4.38. The number of para-hydroxylation sites is 1. The number of hydrogen-bond donors (Lipinski definition) is 1. The molecule has 0 heterocycles. The molecular weight excluding hydrogens is 364 g/mol. The van der Waals surface area contributed by atoms with Gasteiger partial charge in [0.15, 0.2) is 0 Å². The summed E-state index contributed by atoms with van der Waals surface area (Å²) in [6.07, 6.45) is 0. The molecule has 0 unspecified atom stereocenters. The molecule has 0 saturated carbocycles. The first-order chi connectivity index (χ1) is 13.1. The van der Waals surface area contributed by atoms with E-state index >= 15 is 0 Å². The predicted molar refractivity (Wildman–Crippen MR) is 109 cm³/mol. The fourth-order valence-corrected chi connectivity index (χ4v) is 2.90. The monoisotopic (exact) mass is 390 g/mol. The smallest absolute Gasteiger partial charge is 0.255 e. The summed E-state index contributed by atoms with van der Waals surface area (Å²) in [4.78, 5) is 14.8. The molecule has 2 rings (SSSR count). The van der Waals surface area contributed by atoms with Crippen molar-refractivity contribution >= 4 is 17.5 Å². The zero-order valence-corrected chi connectivity index (χ0v) is 16.9. The Labute approximate surface area is 166 Å². The van der Waals surface area contributed by atoms with E-state index in [1.807, 2.05) is 24.3 Å². The average molecular weight is 391 g/mol. The number of methoxy groups -OCH3 is 1. The molecule has 146 valence electrons. The Balaban J connectivity index is 1.99. The highest BCUT2D eigenvalue weighted by atomic mass is 35.5. The number of benzene rings is 2. The molecule has 0 fully saturated rings. The van der Waals surface area contributed by atoms with Crippen LogP contribution in [-0.2, 0) is 6.54 Å². The zero-order chi connectivity index (χ0) is 19.6. The van der Waals surface area contributed by atoms with Crippen LogP contribution in [0.2, 0.25) is 5.02 Å². The summed E-state index contributed by atoms with van der Waals surface area (Å²) in [7, 11) is 1.52. The fraction of sp³-hybridized carbons (Fsp3) is 0.381. The number of carbonyl (C=O) groups is 1. The van der Waals surface area contributed by atoms with Crippen molar-refractivity contribution in [2.24, 2.45) is 0 Å². The molecule has 0 saturated heterocycles. The molecule has 0 atom stereocenters. The normalized spacial score (nSPS) is 10.7. The Morgan fingerprint density at radius 2 is 1.85 bits per heavy atom. The number of halogens is 1. The van der Waals surface area contributed by atoms with Gasteiger partial charge in [0.25, 0.3) is 5.91 Å². The number of ether oxygens (including phenoxy) is 2. The van der Waals surface area contributed by atoms with E-state index < -0.39 is 0 Å². The second-order valence-electron chi connectivity index (χ2n) is 6.01. The molecule has 1 N–H and O–H groups in total. The highest BCUT2D eigenvalue weighted by molar-refractivity contribution is 6.30. The lowest BCUT2D eigenvalue weighted by Crippen LogP contribution is -2.28. The van der Waals surface area contributed by atoms with Gasteiger partial charge in [-0.3, -0.25) is 4.79 Å². The lowest BCUT2D eigenvalue weighted by Gasteiger charge is -2.19. The molecule has 0 aliphatic carbocycles. The number of rotatable bonds is 10. The molecule has 0 bridgehead atoms. The summed E-state index contributed by atoms with van der Waals surface area (Å²) in [6, 6.07) is 12.7. The molecule has 2 aromatic rings. The van der Waals surface area contributed by atoms with Crippen LogP contribution in [0.3, 0.4) is 0 Å². The summed E-state index contributed by atoms with van der Waals surface area (Å²) in [6.45, 7) is 8.12. The summed E-state index contributed by atoms with van der Waals surface area (Å²) in [5.74, 6) is 1.01. The van der Waals surface area contributed by atoms with Gasteiger partial charge < -0.3 is 19.7 Å². The largest absolute Gasteiger partial charge is 0.496 e. The van der Waals surface area contributed by atoms with Crippen molar-refractivity contribution in [1.29, 1.82) is 0 Å². The van der Waals surface area contributed by atoms with Crippen molar-refractivity contribution in [2.45, 2.75) is 20.4 Å². The van der Waals surface area contributed by atoms with Gasteiger partial charge in [-0.05, 0) is 37.4 Å². The van der Waals surface area contributed by atoms with Crippen LogP contribution in [0.1, 0.15) is 29.8 Å². The third-order valence-corrected chi connectivity index (χ3v) is 4.61. The maximum Gasteiger partial charge on any atom is 0.255 e. The zero-order valence-electron chi connectivity index (χ0n) is 16.1. The average Bonchev–Trinajstić information content (AvgIpc) is 2.70. The van der Waals surface area contributed by atoms with E-state index in [-0.39, 0.29) is 5.91 Å².